The van der Waals surface area contributed by atoms with Gasteiger partial charge in [0.05, 0.1) is 50.7 Å². The molecule has 0 aliphatic heterocycles. The normalized spacial score (nSPS) is 11.2. The first-order valence-electron chi connectivity index (χ1n) is 11.1. The van der Waals surface area contributed by atoms with Crippen LogP contribution < -0.4 is 20.7 Å². The van der Waals surface area contributed by atoms with Gasteiger partial charge in [-0.1, -0.05) is 12.1 Å². The molecule has 0 bridgehead atoms. The second-order valence-electron chi connectivity index (χ2n) is 7.50. The molecule has 0 saturated carbocycles. The Morgan fingerprint density at radius 2 is 1.97 bits per heavy atom. The van der Waals surface area contributed by atoms with Crippen molar-refractivity contribution in [1.29, 1.82) is 5.26 Å². The van der Waals surface area contributed by atoms with E-state index >= 15 is 0 Å². The Hall–Kier alpha value is -4.23. The number of ether oxygens (including phenoxy) is 3. The molecule has 0 aliphatic carbocycles. The number of rotatable bonds is 13. The molecule has 3 aromatic rings. The van der Waals surface area contributed by atoms with Gasteiger partial charge in [-0.25, -0.2) is 9.78 Å². The molecule has 3 rings (SSSR count). The average Bonchev–Trinajstić information content (AvgIpc) is 3.40. The molecule has 0 aliphatic rings. The lowest BCUT2D eigenvalue weighted by atomic mass is 10.1. The molecule has 35 heavy (non-hydrogen) atoms. The van der Waals surface area contributed by atoms with Crippen LogP contribution in [0.3, 0.4) is 0 Å². The lowest BCUT2D eigenvalue weighted by Gasteiger charge is -2.19. The molecule has 1 unspecified atom stereocenters. The molecule has 0 radical (unpaired) electrons. The van der Waals surface area contributed by atoms with E-state index < -0.39 is 6.09 Å². The minimum absolute atomic E-state index is 0.0926. The Kier molecular flexibility index (Phi) is 9.77. The first kappa shape index (κ1) is 25.4. The van der Waals surface area contributed by atoms with E-state index in [1.54, 1.807) is 13.3 Å². The monoisotopic (exact) mass is 479 g/mol. The number of hydrogen-bond acceptors (Lipinski definition) is 9. The van der Waals surface area contributed by atoms with E-state index in [-0.39, 0.29) is 19.4 Å². The molecule has 1 atom stereocenters. The third-order valence-corrected chi connectivity index (χ3v) is 4.85. The Labute approximate surface area is 204 Å². The highest BCUT2D eigenvalue weighted by Crippen LogP contribution is 2.32. The third kappa shape index (κ3) is 8.24. The molecule has 1 amide bonds. The quantitative estimate of drug-likeness (QED) is 0.241. The van der Waals surface area contributed by atoms with Crippen LogP contribution in [0.25, 0.3) is 11.3 Å². The molecular weight excluding hydrogens is 450 g/mol. The van der Waals surface area contributed by atoms with Crippen LogP contribution in [0.4, 0.5) is 16.2 Å². The maximum absolute atomic E-state index is 11.8. The van der Waals surface area contributed by atoms with Gasteiger partial charge in [0.1, 0.15) is 12.4 Å². The van der Waals surface area contributed by atoms with Crippen LogP contribution in [0.1, 0.15) is 18.9 Å². The van der Waals surface area contributed by atoms with Gasteiger partial charge in [-0.3, -0.25) is 0 Å². The van der Waals surface area contributed by atoms with E-state index in [9.17, 15) is 4.79 Å². The van der Waals surface area contributed by atoms with Crippen molar-refractivity contribution in [1.82, 2.24) is 10.3 Å². The molecule has 0 spiro atoms. The lowest BCUT2D eigenvalue weighted by Crippen LogP contribution is -2.26. The summed E-state index contributed by atoms with van der Waals surface area (Å²) in [4.78, 5) is 15.8. The Bertz CT molecular complexity index is 1110. The number of carbonyl (C=O) groups is 1. The second-order valence-corrected chi connectivity index (χ2v) is 7.50. The summed E-state index contributed by atoms with van der Waals surface area (Å²) in [5.74, 6) is 1.31. The number of amides is 1. The number of nitrogens with zero attached hydrogens (tertiary/aromatic N) is 2. The molecule has 1 heterocycles. The number of carbonyl (C=O) groups excluding carboxylic acids is 1. The van der Waals surface area contributed by atoms with Crippen LogP contribution in [-0.4, -0.2) is 44.2 Å². The number of methoxy groups -OCH3 is 1. The standard InChI is InChI=1S/C25H29N5O5/c1-18(30-21-7-8-22(23(14-21)32-2)24-16-27-17-35-24)29-20-6-3-5-19(13-20)15-28-25(31)34-12-11-33-10-4-9-26/h3,5-8,13-14,16-18,29-30H,4,10-12,15H2,1-2H3,(H,28,31). The predicted molar refractivity (Wildman–Crippen MR) is 131 cm³/mol. The maximum Gasteiger partial charge on any atom is 0.407 e. The fourth-order valence-electron chi connectivity index (χ4n) is 3.28. The van der Waals surface area contributed by atoms with Gasteiger partial charge in [0.2, 0.25) is 0 Å². The van der Waals surface area contributed by atoms with Crippen molar-refractivity contribution in [3.05, 3.63) is 60.6 Å². The van der Waals surface area contributed by atoms with Crippen molar-refractivity contribution in [2.75, 3.05) is 37.6 Å². The van der Waals surface area contributed by atoms with Gasteiger partial charge >= 0.3 is 6.09 Å². The minimum Gasteiger partial charge on any atom is -0.496 e. The molecule has 2 aromatic carbocycles. The molecule has 10 nitrogen and oxygen atoms in total. The zero-order chi connectivity index (χ0) is 24.9. The van der Waals surface area contributed by atoms with Crippen LogP contribution >= 0.6 is 0 Å². The number of anilines is 2. The van der Waals surface area contributed by atoms with Gasteiger partial charge in [-0.2, -0.15) is 5.26 Å². The van der Waals surface area contributed by atoms with E-state index in [0.717, 1.165) is 22.5 Å². The Balaban J connectivity index is 1.47. The summed E-state index contributed by atoms with van der Waals surface area (Å²) in [5.41, 5.74) is 3.51. The number of oxazole rings is 1. The number of alkyl carbamates (subject to hydrolysis) is 1. The van der Waals surface area contributed by atoms with Crippen molar-refractivity contribution >= 4 is 17.5 Å². The zero-order valence-electron chi connectivity index (χ0n) is 19.7. The highest BCUT2D eigenvalue weighted by Gasteiger charge is 2.11. The van der Waals surface area contributed by atoms with E-state index in [1.807, 2.05) is 55.5 Å². The molecular formula is C25H29N5O5. The summed E-state index contributed by atoms with van der Waals surface area (Å²) in [6, 6.07) is 15.5. The minimum atomic E-state index is -0.523. The largest absolute Gasteiger partial charge is 0.496 e. The summed E-state index contributed by atoms with van der Waals surface area (Å²) in [6.07, 6.45) is 2.73. The number of nitrogens with one attached hydrogen (secondary N) is 3. The van der Waals surface area contributed by atoms with E-state index in [0.29, 0.717) is 31.1 Å². The van der Waals surface area contributed by atoms with Gasteiger partial charge in [-0.15, -0.1) is 0 Å². The zero-order valence-corrected chi connectivity index (χ0v) is 19.7. The van der Waals surface area contributed by atoms with Crippen LogP contribution in [0, 0.1) is 11.3 Å². The van der Waals surface area contributed by atoms with Gasteiger partial charge < -0.3 is 34.6 Å². The molecule has 10 heteroatoms. The van der Waals surface area contributed by atoms with Crippen molar-refractivity contribution in [3.8, 4) is 23.1 Å². The van der Waals surface area contributed by atoms with Crippen LogP contribution in [0.5, 0.6) is 5.75 Å². The Morgan fingerprint density at radius 3 is 2.71 bits per heavy atom. The molecule has 0 saturated heterocycles. The lowest BCUT2D eigenvalue weighted by molar-refractivity contribution is 0.0751. The maximum atomic E-state index is 11.8. The third-order valence-electron chi connectivity index (χ3n) is 4.85. The predicted octanol–water partition coefficient (Wildman–Crippen LogP) is 4.38. The first-order valence-corrected chi connectivity index (χ1v) is 11.1. The second kappa shape index (κ2) is 13.5. The fourth-order valence-corrected chi connectivity index (χ4v) is 3.28. The summed E-state index contributed by atoms with van der Waals surface area (Å²) >= 11 is 0. The van der Waals surface area contributed by atoms with Gasteiger partial charge in [0.25, 0.3) is 0 Å². The summed E-state index contributed by atoms with van der Waals surface area (Å²) < 4.78 is 21.1. The fraction of sp³-hybridized carbons (Fsp3) is 0.320. The van der Waals surface area contributed by atoms with Crippen LogP contribution in [0.2, 0.25) is 0 Å². The molecule has 3 N–H and O–H groups in total. The highest BCUT2D eigenvalue weighted by molar-refractivity contribution is 5.70. The number of aromatic nitrogens is 1. The van der Waals surface area contributed by atoms with E-state index in [4.69, 9.17) is 23.9 Å². The van der Waals surface area contributed by atoms with Crippen molar-refractivity contribution in [2.45, 2.75) is 26.1 Å². The topological polar surface area (TPSA) is 131 Å². The van der Waals surface area contributed by atoms with Gasteiger partial charge in [0, 0.05) is 24.0 Å². The van der Waals surface area contributed by atoms with Crippen molar-refractivity contribution in [3.63, 3.8) is 0 Å². The summed E-state index contributed by atoms with van der Waals surface area (Å²) in [7, 11) is 1.61. The molecule has 0 fully saturated rings. The summed E-state index contributed by atoms with van der Waals surface area (Å²) in [6.45, 7) is 3.04. The highest BCUT2D eigenvalue weighted by atomic mass is 16.6. The smallest absolute Gasteiger partial charge is 0.407 e. The number of hydrogen-bond donors (Lipinski definition) is 3. The van der Waals surface area contributed by atoms with Crippen LogP contribution in [0.15, 0.2) is 59.5 Å². The SMILES string of the molecule is COc1cc(NC(C)Nc2cccc(CNC(=O)OCCOCCC#N)c2)ccc1-c1cnco1. The van der Waals surface area contributed by atoms with E-state index in [2.05, 4.69) is 20.9 Å². The summed E-state index contributed by atoms with van der Waals surface area (Å²) in [5, 5.41) is 17.9. The van der Waals surface area contributed by atoms with E-state index in [1.165, 1.54) is 6.39 Å². The number of benzene rings is 2. The van der Waals surface area contributed by atoms with Crippen molar-refractivity contribution < 1.29 is 23.4 Å². The van der Waals surface area contributed by atoms with Crippen LogP contribution in [-0.2, 0) is 16.0 Å². The van der Waals surface area contributed by atoms with Gasteiger partial charge in [0.15, 0.2) is 12.2 Å². The average molecular weight is 480 g/mol. The van der Waals surface area contributed by atoms with Crippen molar-refractivity contribution in [2.24, 2.45) is 0 Å². The first-order chi connectivity index (χ1) is 17.1. The number of nitriles is 1. The molecule has 1 aromatic heterocycles. The Morgan fingerprint density at radius 1 is 1.14 bits per heavy atom. The van der Waals surface area contributed by atoms with Gasteiger partial charge in [-0.05, 0) is 36.8 Å². The molecule has 184 valence electrons.